The topological polar surface area (TPSA) is 42.0 Å². The number of aryl methyl sites for hydroxylation is 2. The van der Waals surface area contributed by atoms with Crippen LogP contribution in [0.25, 0.3) is 0 Å². The molecule has 100 valence electrons. The molecule has 0 unspecified atom stereocenters. The molecule has 0 aliphatic heterocycles. The summed E-state index contributed by atoms with van der Waals surface area (Å²) >= 11 is 1.58. The van der Waals surface area contributed by atoms with E-state index >= 15 is 0 Å². The Labute approximate surface area is 115 Å². The molecule has 2 aromatic rings. The van der Waals surface area contributed by atoms with Crippen molar-refractivity contribution in [2.45, 2.75) is 26.3 Å². The number of nitrogens with zero attached hydrogens (tertiary/aromatic N) is 1. The molecule has 0 saturated heterocycles. The molecule has 0 fully saturated rings. The van der Waals surface area contributed by atoms with Crippen LogP contribution < -0.4 is 5.32 Å². The Hall–Kier alpha value is -1.75. The summed E-state index contributed by atoms with van der Waals surface area (Å²) in [5.41, 5.74) is 0.960. The molecule has 1 aromatic carbocycles. The lowest BCUT2D eigenvalue weighted by molar-refractivity contribution is -0.121. The molecule has 0 bridgehead atoms. The fourth-order valence-electron chi connectivity index (χ4n) is 1.65. The van der Waals surface area contributed by atoms with Gasteiger partial charge in [-0.2, -0.15) is 0 Å². The SMILES string of the molecule is Cc1cnc(CNC(=O)CCc2ccc(F)cc2)s1. The summed E-state index contributed by atoms with van der Waals surface area (Å²) in [5.74, 6) is -0.274. The molecule has 1 amide bonds. The summed E-state index contributed by atoms with van der Waals surface area (Å²) < 4.78 is 12.7. The second-order valence-electron chi connectivity index (χ2n) is 4.27. The molecule has 1 aromatic heterocycles. The summed E-state index contributed by atoms with van der Waals surface area (Å²) in [6, 6.07) is 6.22. The number of carbonyl (C=O) groups excluding carboxylic acids is 1. The van der Waals surface area contributed by atoms with Gasteiger partial charge in [-0.15, -0.1) is 11.3 Å². The van der Waals surface area contributed by atoms with Crippen LogP contribution in [-0.4, -0.2) is 10.9 Å². The van der Waals surface area contributed by atoms with Crippen molar-refractivity contribution in [1.82, 2.24) is 10.3 Å². The van der Waals surface area contributed by atoms with Crippen molar-refractivity contribution in [3.8, 4) is 0 Å². The summed E-state index contributed by atoms with van der Waals surface area (Å²) in [4.78, 5) is 17.0. The van der Waals surface area contributed by atoms with Gasteiger partial charge in [-0.25, -0.2) is 9.37 Å². The Kier molecular flexibility index (Phi) is 4.63. The molecule has 1 N–H and O–H groups in total. The highest BCUT2D eigenvalue weighted by molar-refractivity contribution is 7.11. The number of thiazole rings is 1. The van der Waals surface area contributed by atoms with Gasteiger partial charge >= 0.3 is 0 Å². The average Bonchev–Trinajstić information content (AvgIpc) is 2.81. The van der Waals surface area contributed by atoms with Crippen molar-refractivity contribution in [3.63, 3.8) is 0 Å². The predicted molar refractivity (Wildman–Crippen MR) is 73.4 cm³/mol. The highest BCUT2D eigenvalue weighted by Gasteiger charge is 2.04. The van der Waals surface area contributed by atoms with Crippen molar-refractivity contribution in [2.75, 3.05) is 0 Å². The fourth-order valence-corrected chi connectivity index (χ4v) is 2.38. The molecule has 19 heavy (non-hydrogen) atoms. The quantitative estimate of drug-likeness (QED) is 0.913. The van der Waals surface area contributed by atoms with Crippen LogP contribution in [0, 0.1) is 12.7 Å². The first-order chi connectivity index (χ1) is 9.13. The van der Waals surface area contributed by atoms with Crippen LogP contribution >= 0.6 is 11.3 Å². The fraction of sp³-hybridized carbons (Fsp3) is 0.286. The third kappa shape index (κ3) is 4.44. The summed E-state index contributed by atoms with van der Waals surface area (Å²) in [6.07, 6.45) is 2.81. The standard InChI is InChI=1S/C14H15FN2OS/c1-10-8-17-14(19-10)9-16-13(18)7-4-11-2-5-12(15)6-3-11/h2-3,5-6,8H,4,7,9H2,1H3,(H,16,18). The third-order valence-electron chi connectivity index (χ3n) is 2.66. The highest BCUT2D eigenvalue weighted by Crippen LogP contribution is 2.10. The third-order valence-corrected chi connectivity index (χ3v) is 3.57. The van der Waals surface area contributed by atoms with E-state index in [2.05, 4.69) is 10.3 Å². The van der Waals surface area contributed by atoms with E-state index in [1.807, 2.05) is 6.92 Å². The van der Waals surface area contributed by atoms with Gasteiger partial charge in [-0.3, -0.25) is 4.79 Å². The number of aromatic nitrogens is 1. The lowest BCUT2D eigenvalue weighted by atomic mass is 10.1. The Morgan fingerprint density at radius 1 is 1.37 bits per heavy atom. The van der Waals surface area contributed by atoms with Crippen molar-refractivity contribution in [1.29, 1.82) is 0 Å². The number of benzene rings is 1. The van der Waals surface area contributed by atoms with E-state index in [-0.39, 0.29) is 11.7 Å². The number of amides is 1. The van der Waals surface area contributed by atoms with Gasteiger partial charge in [0.1, 0.15) is 10.8 Å². The first-order valence-electron chi connectivity index (χ1n) is 6.06. The van der Waals surface area contributed by atoms with E-state index in [9.17, 15) is 9.18 Å². The molecular formula is C14H15FN2OS. The maximum absolute atomic E-state index is 12.7. The molecule has 2 rings (SSSR count). The van der Waals surface area contributed by atoms with E-state index in [0.717, 1.165) is 15.4 Å². The zero-order valence-corrected chi connectivity index (χ0v) is 11.5. The van der Waals surface area contributed by atoms with Crippen LogP contribution in [0.2, 0.25) is 0 Å². The van der Waals surface area contributed by atoms with Gasteiger partial charge in [0.15, 0.2) is 0 Å². The molecule has 0 aliphatic carbocycles. The van der Waals surface area contributed by atoms with Crippen LogP contribution in [0.15, 0.2) is 30.5 Å². The summed E-state index contributed by atoms with van der Waals surface area (Å²) in [7, 11) is 0. The maximum atomic E-state index is 12.7. The minimum Gasteiger partial charge on any atom is -0.350 e. The summed E-state index contributed by atoms with van der Waals surface area (Å²) in [6.45, 7) is 2.46. The Morgan fingerprint density at radius 3 is 2.74 bits per heavy atom. The van der Waals surface area contributed by atoms with Crippen LogP contribution in [0.4, 0.5) is 4.39 Å². The van der Waals surface area contributed by atoms with Crippen LogP contribution in [0.3, 0.4) is 0 Å². The molecule has 0 saturated carbocycles. The van der Waals surface area contributed by atoms with Gasteiger partial charge in [0, 0.05) is 17.5 Å². The molecule has 1 heterocycles. The minimum absolute atomic E-state index is 0.0165. The lowest BCUT2D eigenvalue weighted by Gasteiger charge is -2.03. The number of rotatable bonds is 5. The van der Waals surface area contributed by atoms with E-state index < -0.39 is 0 Å². The molecule has 0 spiro atoms. The van der Waals surface area contributed by atoms with E-state index in [1.54, 1.807) is 29.7 Å². The first-order valence-corrected chi connectivity index (χ1v) is 6.87. The number of carbonyl (C=O) groups is 1. The second kappa shape index (κ2) is 6.43. The van der Waals surface area contributed by atoms with Gasteiger partial charge in [0.2, 0.25) is 5.91 Å². The number of nitrogens with one attached hydrogen (secondary N) is 1. The molecule has 0 atom stereocenters. The average molecular weight is 278 g/mol. The predicted octanol–water partition coefficient (Wildman–Crippen LogP) is 2.84. The molecule has 0 aliphatic rings. The smallest absolute Gasteiger partial charge is 0.220 e. The lowest BCUT2D eigenvalue weighted by Crippen LogP contribution is -2.22. The minimum atomic E-state index is -0.257. The molecule has 3 nitrogen and oxygen atoms in total. The van der Waals surface area contributed by atoms with Gasteiger partial charge in [-0.1, -0.05) is 12.1 Å². The van der Waals surface area contributed by atoms with E-state index in [0.29, 0.717) is 19.4 Å². The monoisotopic (exact) mass is 278 g/mol. The van der Waals surface area contributed by atoms with Gasteiger partial charge < -0.3 is 5.32 Å². The van der Waals surface area contributed by atoms with Crippen molar-refractivity contribution in [2.24, 2.45) is 0 Å². The van der Waals surface area contributed by atoms with E-state index in [4.69, 9.17) is 0 Å². The van der Waals surface area contributed by atoms with Gasteiger partial charge in [-0.05, 0) is 31.0 Å². The highest BCUT2D eigenvalue weighted by atomic mass is 32.1. The second-order valence-corrected chi connectivity index (χ2v) is 5.59. The number of hydrogen-bond donors (Lipinski definition) is 1. The normalized spacial score (nSPS) is 10.4. The van der Waals surface area contributed by atoms with Crippen LogP contribution in [-0.2, 0) is 17.8 Å². The van der Waals surface area contributed by atoms with Gasteiger partial charge in [0.25, 0.3) is 0 Å². The van der Waals surface area contributed by atoms with Crippen molar-refractivity contribution in [3.05, 3.63) is 51.7 Å². The number of hydrogen-bond acceptors (Lipinski definition) is 3. The first kappa shape index (κ1) is 13.7. The molecule has 0 radical (unpaired) electrons. The maximum Gasteiger partial charge on any atom is 0.220 e. The molecular weight excluding hydrogens is 263 g/mol. The van der Waals surface area contributed by atoms with Crippen LogP contribution in [0.1, 0.15) is 21.9 Å². The largest absolute Gasteiger partial charge is 0.350 e. The summed E-state index contributed by atoms with van der Waals surface area (Å²) in [5, 5.41) is 3.74. The number of halogens is 1. The Bertz CT molecular complexity index is 551. The van der Waals surface area contributed by atoms with Crippen molar-refractivity contribution >= 4 is 17.2 Å². The van der Waals surface area contributed by atoms with E-state index in [1.165, 1.54) is 12.1 Å². The van der Waals surface area contributed by atoms with Crippen molar-refractivity contribution < 1.29 is 9.18 Å². The molecule has 5 heteroatoms. The Morgan fingerprint density at radius 2 is 2.11 bits per heavy atom. The Balaban J connectivity index is 1.74. The van der Waals surface area contributed by atoms with Crippen LogP contribution in [0.5, 0.6) is 0 Å². The zero-order chi connectivity index (χ0) is 13.7. The zero-order valence-electron chi connectivity index (χ0n) is 10.6. The van der Waals surface area contributed by atoms with Gasteiger partial charge in [0.05, 0.1) is 6.54 Å².